The van der Waals surface area contributed by atoms with Crippen LogP contribution < -0.4 is 0 Å². The fourth-order valence-electron chi connectivity index (χ4n) is 3.39. The topological polar surface area (TPSA) is 96.9 Å². The Hall–Kier alpha value is -2.16. The van der Waals surface area contributed by atoms with Crippen molar-refractivity contribution >= 4 is 21.8 Å². The molecule has 2 aliphatic heterocycles. The van der Waals surface area contributed by atoms with Gasteiger partial charge in [0.25, 0.3) is 5.91 Å². The number of sulfone groups is 1. The molecule has 2 fully saturated rings. The van der Waals surface area contributed by atoms with Crippen molar-refractivity contribution in [2.24, 2.45) is 0 Å². The van der Waals surface area contributed by atoms with Gasteiger partial charge >= 0.3 is 6.09 Å². The predicted octanol–water partition coefficient (Wildman–Crippen LogP) is 0.940. The van der Waals surface area contributed by atoms with Crippen LogP contribution in [0.15, 0.2) is 24.4 Å². The number of hydrogen-bond acceptors (Lipinski definition) is 6. The fourth-order valence-corrected chi connectivity index (χ4v) is 5.37. The van der Waals surface area contributed by atoms with Gasteiger partial charge in [0.15, 0.2) is 9.84 Å². The van der Waals surface area contributed by atoms with Crippen molar-refractivity contribution in [1.29, 1.82) is 0 Å². The van der Waals surface area contributed by atoms with Crippen LogP contribution in [0.3, 0.4) is 0 Å². The van der Waals surface area contributed by atoms with Crippen molar-refractivity contribution in [2.45, 2.75) is 38.5 Å². The predicted molar refractivity (Wildman–Crippen MR) is 94.4 cm³/mol. The summed E-state index contributed by atoms with van der Waals surface area (Å²) in [5.74, 6) is -0.639. The van der Waals surface area contributed by atoms with Crippen molar-refractivity contribution in [2.75, 3.05) is 24.6 Å². The minimum absolute atomic E-state index is 0.157. The smallest absolute Gasteiger partial charge is 0.410 e. The number of pyridine rings is 1. The lowest BCUT2D eigenvalue weighted by atomic mass is 10.0. The lowest BCUT2D eigenvalue weighted by molar-refractivity contribution is -0.00705. The minimum Gasteiger partial charge on any atom is -0.444 e. The molecule has 8 nitrogen and oxygen atoms in total. The van der Waals surface area contributed by atoms with E-state index in [4.69, 9.17) is 4.74 Å². The number of nitrogens with zero attached hydrogens (tertiary/aromatic N) is 3. The van der Waals surface area contributed by atoms with E-state index in [1.807, 2.05) is 0 Å². The molecule has 0 N–H and O–H groups in total. The maximum absolute atomic E-state index is 12.8. The molecule has 2 amide bonds. The summed E-state index contributed by atoms with van der Waals surface area (Å²) in [6, 6.07) is 3.83. The molecular formula is C17H23N3O5S. The Balaban J connectivity index is 1.86. The number of piperazine rings is 1. The SMILES string of the molecule is CC(C)(C)OC(=O)N1CCN(C(=O)c2ccccn2)[C@@H]2CS(=O)(=O)C[C@@H]21. The Labute approximate surface area is 153 Å². The number of rotatable bonds is 1. The summed E-state index contributed by atoms with van der Waals surface area (Å²) in [4.78, 5) is 32.3. The van der Waals surface area contributed by atoms with Crippen LogP contribution in [0, 0.1) is 0 Å². The minimum atomic E-state index is -3.35. The maximum atomic E-state index is 12.8. The van der Waals surface area contributed by atoms with E-state index in [2.05, 4.69) is 4.98 Å². The van der Waals surface area contributed by atoms with Gasteiger partial charge < -0.3 is 14.5 Å². The van der Waals surface area contributed by atoms with Crippen LogP contribution in [0.25, 0.3) is 0 Å². The Morgan fingerprint density at radius 2 is 1.73 bits per heavy atom. The van der Waals surface area contributed by atoms with Gasteiger partial charge in [-0.05, 0) is 32.9 Å². The van der Waals surface area contributed by atoms with E-state index in [-0.39, 0.29) is 36.2 Å². The zero-order chi connectivity index (χ0) is 19.1. The molecule has 2 aliphatic rings. The molecular weight excluding hydrogens is 358 g/mol. The first-order valence-corrected chi connectivity index (χ1v) is 10.3. The van der Waals surface area contributed by atoms with Crippen LogP contribution in [0.2, 0.25) is 0 Å². The fraction of sp³-hybridized carbons (Fsp3) is 0.588. The Kier molecular flexibility index (Phi) is 4.68. The molecule has 0 saturated carbocycles. The van der Waals surface area contributed by atoms with Crippen LogP contribution in [0.4, 0.5) is 4.79 Å². The van der Waals surface area contributed by atoms with Crippen molar-refractivity contribution in [1.82, 2.24) is 14.8 Å². The highest BCUT2D eigenvalue weighted by Crippen LogP contribution is 2.29. The number of carbonyl (C=O) groups excluding carboxylic acids is 2. The van der Waals surface area contributed by atoms with Crippen molar-refractivity contribution < 1.29 is 22.7 Å². The molecule has 9 heteroatoms. The third kappa shape index (κ3) is 3.82. The highest BCUT2D eigenvalue weighted by Gasteiger charge is 2.50. The second-order valence-corrected chi connectivity index (χ2v) is 9.75. The summed E-state index contributed by atoms with van der Waals surface area (Å²) in [5.41, 5.74) is -0.411. The number of carbonyl (C=O) groups is 2. The van der Waals surface area contributed by atoms with Crippen molar-refractivity contribution in [3.63, 3.8) is 0 Å². The summed E-state index contributed by atoms with van der Waals surface area (Å²) in [6.45, 7) is 5.74. The highest BCUT2D eigenvalue weighted by atomic mass is 32.2. The molecule has 2 saturated heterocycles. The van der Waals surface area contributed by atoms with E-state index in [1.165, 1.54) is 16.0 Å². The van der Waals surface area contributed by atoms with E-state index in [9.17, 15) is 18.0 Å². The summed E-state index contributed by atoms with van der Waals surface area (Å²) < 4.78 is 29.9. The molecule has 0 aromatic carbocycles. The first-order chi connectivity index (χ1) is 12.1. The molecule has 3 rings (SSSR count). The number of hydrogen-bond donors (Lipinski definition) is 0. The van der Waals surface area contributed by atoms with E-state index < -0.39 is 33.6 Å². The molecule has 1 aromatic rings. The van der Waals surface area contributed by atoms with Crippen LogP contribution in [-0.2, 0) is 14.6 Å². The Morgan fingerprint density at radius 3 is 2.31 bits per heavy atom. The quantitative estimate of drug-likeness (QED) is 0.718. The maximum Gasteiger partial charge on any atom is 0.410 e. The standard InChI is InChI=1S/C17H23N3O5S/c1-17(2,3)25-16(22)20-9-8-19(13-10-26(23,24)11-14(13)20)15(21)12-6-4-5-7-18-12/h4-7,13-14H,8-11H2,1-3H3/t13-,14+/m1/s1. The Bertz CT molecular complexity index is 803. The van der Waals surface area contributed by atoms with Crippen LogP contribution in [0.5, 0.6) is 0 Å². The van der Waals surface area contributed by atoms with Gasteiger partial charge in [-0.2, -0.15) is 0 Å². The zero-order valence-corrected chi connectivity index (χ0v) is 15.9. The molecule has 2 atom stereocenters. The lowest BCUT2D eigenvalue weighted by Crippen LogP contribution is -2.62. The van der Waals surface area contributed by atoms with Gasteiger partial charge in [-0.1, -0.05) is 6.07 Å². The van der Waals surface area contributed by atoms with Crippen LogP contribution in [0.1, 0.15) is 31.3 Å². The first kappa shape index (κ1) is 18.6. The molecule has 0 bridgehead atoms. The summed E-state index contributed by atoms with van der Waals surface area (Å²) >= 11 is 0. The molecule has 1 aromatic heterocycles. The molecule has 0 unspecified atom stereocenters. The largest absolute Gasteiger partial charge is 0.444 e. The average molecular weight is 381 g/mol. The molecule has 0 radical (unpaired) electrons. The van der Waals surface area contributed by atoms with Gasteiger partial charge in [0.05, 0.1) is 23.6 Å². The van der Waals surface area contributed by atoms with Crippen molar-refractivity contribution in [3.05, 3.63) is 30.1 Å². The third-order valence-electron chi connectivity index (χ3n) is 4.45. The Morgan fingerprint density at radius 1 is 1.12 bits per heavy atom. The highest BCUT2D eigenvalue weighted by molar-refractivity contribution is 7.91. The van der Waals surface area contributed by atoms with Crippen LogP contribution in [-0.4, -0.2) is 77.5 Å². The third-order valence-corrected chi connectivity index (χ3v) is 6.15. The second kappa shape index (κ2) is 6.53. The lowest BCUT2D eigenvalue weighted by Gasteiger charge is -2.43. The van der Waals surface area contributed by atoms with Gasteiger partial charge in [-0.25, -0.2) is 13.2 Å². The summed E-state index contributed by atoms with van der Waals surface area (Å²) in [6.07, 6.45) is 0.974. The number of ether oxygens (including phenoxy) is 1. The van der Waals surface area contributed by atoms with Crippen molar-refractivity contribution in [3.8, 4) is 0 Å². The zero-order valence-electron chi connectivity index (χ0n) is 15.1. The summed E-state index contributed by atoms with van der Waals surface area (Å²) in [7, 11) is -3.35. The van der Waals surface area contributed by atoms with Gasteiger partial charge in [0, 0.05) is 19.3 Å². The van der Waals surface area contributed by atoms with Gasteiger partial charge in [-0.15, -0.1) is 0 Å². The van der Waals surface area contributed by atoms with E-state index >= 15 is 0 Å². The van der Waals surface area contributed by atoms with Gasteiger partial charge in [0.2, 0.25) is 0 Å². The number of aromatic nitrogens is 1. The second-order valence-electron chi connectivity index (χ2n) is 7.60. The monoisotopic (exact) mass is 381 g/mol. The molecule has 26 heavy (non-hydrogen) atoms. The van der Waals surface area contributed by atoms with Crippen LogP contribution >= 0.6 is 0 Å². The number of amides is 2. The van der Waals surface area contributed by atoms with E-state index in [0.717, 1.165) is 0 Å². The first-order valence-electron chi connectivity index (χ1n) is 8.49. The van der Waals surface area contributed by atoms with Gasteiger partial charge in [-0.3, -0.25) is 9.78 Å². The molecule has 3 heterocycles. The summed E-state index contributed by atoms with van der Waals surface area (Å²) in [5, 5.41) is 0. The normalized spacial score (nSPS) is 24.9. The molecule has 0 aliphatic carbocycles. The van der Waals surface area contributed by atoms with E-state index in [1.54, 1.807) is 39.0 Å². The molecule has 0 spiro atoms. The van der Waals surface area contributed by atoms with Gasteiger partial charge in [0.1, 0.15) is 11.3 Å². The number of fused-ring (bicyclic) bond motifs is 1. The van der Waals surface area contributed by atoms with E-state index in [0.29, 0.717) is 0 Å². The molecule has 142 valence electrons. The average Bonchev–Trinajstić information content (AvgIpc) is 2.87.